The van der Waals surface area contributed by atoms with E-state index < -0.39 is 10.0 Å². The van der Waals surface area contributed by atoms with Gasteiger partial charge >= 0.3 is 0 Å². The van der Waals surface area contributed by atoms with Gasteiger partial charge in [0.1, 0.15) is 4.90 Å². The molecule has 0 amide bonds. The van der Waals surface area contributed by atoms with Crippen molar-refractivity contribution >= 4 is 54.8 Å². The average molecular weight is 413 g/mol. The lowest BCUT2D eigenvalue weighted by Crippen LogP contribution is -2.13. The normalized spacial score (nSPS) is 11.7. The quantitative estimate of drug-likeness (QED) is 0.808. The van der Waals surface area contributed by atoms with Crippen molar-refractivity contribution in [2.75, 3.05) is 4.72 Å². The summed E-state index contributed by atoms with van der Waals surface area (Å²) >= 11 is 15.3. The number of benzene rings is 1. The van der Waals surface area contributed by atoms with E-state index in [1.54, 1.807) is 23.7 Å². The Morgan fingerprint density at radius 1 is 1.29 bits per heavy atom. The smallest absolute Gasteiger partial charge is 0.263 e. The van der Waals surface area contributed by atoms with Gasteiger partial charge < -0.3 is 10.3 Å². The molecule has 5 nitrogen and oxygen atoms in total. The molecule has 2 aromatic rings. The first kappa shape index (κ1) is 16.6. The molecule has 0 spiro atoms. The van der Waals surface area contributed by atoms with Crippen LogP contribution in [0, 0.1) is 0 Å². The van der Waals surface area contributed by atoms with Gasteiger partial charge in [-0.2, -0.15) is 0 Å². The van der Waals surface area contributed by atoms with Gasteiger partial charge in [0.2, 0.25) is 0 Å². The van der Waals surface area contributed by atoms with E-state index in [9.17, 15) is 8.42 Å². The molecular weight excluding hydrogens is 401 g/mol. The molecule has 0 saturated carbocycles. The second kappa shape index (κ2) is 6.18. The SMILES string of the molecule is Cn1cc(S(=O)(=O)Nc2c(Cl)cc(Br)cc2Cl)cc1CN. The molecule has 1 aromatic heterocycles. The predicted octanol–water partition coefficient (Wildman–Crippen LogP) is 3.35. The van der Waals surface area contributed by atoms with Crippen molar-refractivity contribution in [3.05, 3.63) is 44.6 Å². The van der Waals surface area contributed by atoms with Crippen LogP contribution in [0.25, 0.3) is 0 Å². The number of anilines is 1. The molecule has 0 radical (unpaired) electrons. The number of hydrogen-bond acceptors (Lipinski definition) is 3. The third-order valence-electron chi connectivity index (χ3n) is 2.85. The summed E-state index contributed by atoms with van der Waals surface area (Å²) in [4.78, 5) is 0.0977. The minimum atomic E-state index is -3.79. The van der Waals surface area contributed by atoms with Crippen LogP contribution >= 0.6 is 39.1 Å². The van der Waals surface area contributed by atoms with Crippen LogP contribution < -0.4 is 10.5 Å². The molecule has 0 atom stereocenters. The molecule has 0 bridgehead atoms. The van der Waals surface area contributed by atoms with Gasteiger partial charge in [0, 0.05) is 30.0 Å². The number of nitrogens with zero attached hydrogens (tertiary/aromatic N) is 1. The number of rotatable bonds is 4. The van der Waals surface area contributed by atoms with E-state index in [1.165, 1.54) is 12.3 Å². The topological polar surface area (TPSA) is 77.1 Å². The van der Waals surface area contributed by atoms with Crippen molar-refractivity contribution in [3.8, 4) is 0 Å². The summed E-state index contributed by atoms with van der Waals surface area (Å²) in [5.74, 6) is 0. The van der Waals surface area contributed by atoms with Crippen molar-refractivity contribution in [1.82, 2.24) is 4.57 Å². The summed E-state index contributed by atoms with van der Waals surface area (Å²) in [6.07, 6.45) is 1.48. The van der Waals surface area contributed by atoms with E-state index >= 15 is 0 Å². The van der Waals surface area contributed by atoms with E-state index in [4.69, 9.17) is 28.9 Å². The van der Waals surface area contributed by atoms with Crippen molar-refractivity contribution in [3.63, 3.8) is 0 Å². The highest BCUT2D eigenvalue weighted by Crippen LogP contribution is 2.35. The predicted molar refractivity (Wildman–Crippen MR) is 88.3 cm³/mol. The summed E-state index contributed by atoms with van der Waals surface area (Å²) in [5.41, 5.74) is 6.38. The van der Waals surface area contributed by atoms with Crippen molar-refractivity contribution < 1.29 is 8.42 Å². The summed E-state index contributed by atoms with van der Waals surface area (Å²) in [6.45, 7) is 0.242. The maximum atomic E-state index is 12.4. The van der Waals surface area contributed by atoms with Gasteiger partial charge in [0.05, 0.1) is 15.7 Å². The molecule has 3 N–H and O–H groups in total. The second-order valence-corrected chi connectivity index (χ2v) is 7.74. The molecule has 0 fully saturated rings. The molecule has 0 aliphatic heterocycles. The Balaban J connectivity index is 2.42. The van der Waals surface area contributed by atoms with Gasteiger partial charge in [-0.05, 0) is 18.2 Å². The van der Waals surface area contributed by atoms with Gasteiger partial charge in [-0.1, -0.05) is 39.1 Å². The summed E-state index contributed by atoms with van der Waals surface area (Å²) < 4.78 is 29.5. The maximum absolute atomic E-state index is 12.4. The lowest BCUT2D eigenvalue weighted by molar-refractivity contribution is 0.601. The van der Waals surface area contributed by atoms with Gasteiger partial charge in [-0.15, -0.1) is 0 Å². The van der Waals surface area contributed by atoms with E-state index in [0.717, 1.165) is 0 Å². The van der Waals surface area contributed by atoms with E-state index in [1.807, 2.05) is 0 Å². The molecule has 9 heteroatoms. The fourth-order valence-electron chi connectivity index (χ4n) is 1.76. The van der Waals surface area contributed by atoms with Crippen LogP contribution in [0.5, 0.6) is 0 Å². The highest BCUT2D eigenvalue weighted by atomic mass is 79.9. The van der Waals surface area contributed by atoms with Crippen LogP contribution in [0.4, 0.5) is 5.69 Å². The van der Waals surface area contributed by atoms with E-state index in [-0.39, 0.29) is 27.2 Å². The van der Waals surface area contributed by atoms with Crippen molar-refractivity contribution in [2.45, 2.75) is 11.4 Å². The summed E-state index contributed by atoms with van der Waals surface area (Å²) in [7, 11) is -2.07. The standard InChI is InChI=1S/C12H12BrCl2N3O2S/c1-18-6-9(4-8(18)5-16)21(19,20)17-12-10(14)2-7(13)3-11(12)15/h2-4,6,17H,5,16H2,1H3. The molecule has 0 aliphatic rings. The van der Waals surface area contributed by atoms with Gasteiger partial charge in [-0.25, -0.2) is 8.42 Å². The first-order valence-electron chi connectivity index (χ1n) is 5.77. The molecule has 0 unspecified atom stereocenters. The van der Waals surface area contributed by atoms with Crippen LogP contribution in [0.1, 0.15) is 5.69 Å². The number of halogens is 3. The first-order chi connectivity index (χ1) is 9.74. The number of sulfonamides is 1. The summed E-state index contributed by atoms with van der Waals surface area (Å²) in [5, 5.41) is 0.404. The van der Waals surface area contributed by atoms with Crippen molar-refractivity contribution in [2.24, 2.45) is 12.8 Å². The van der Waals surface area contributed by atoms with Crippen molar-refractivity contribution in [1.29, 1.82) is 0 Å². The molecule has 1 aromatic carbocycles. The minimum Gasteiger partial charge on any atom is -0.352 e. The van der Waals surface area contributed by atoms with Gasteiger partial charge in [0.15, 0.2) is 0 Å². The highest BCUT2D eigenvalue weighted by molar-refractivity contribution is 9.10. The Kier molecular flexibility index (Phi) is 4.89. The maximum Gasteiger partial charge on any atom is 0.263 e. The Bertz CT molecular complexity index is 767. The van der Waals surface area contributed by atoms with Crippen LogP contribution in [-0.4, -0.2) is 13.0 Å². The molecule has 1 heterocycles. The molecule has 0 aliphatic carbocycles. The van der Waals surface area contributed by atoms with E-state index in [0.29, 0.717) is 10.2 Å². The molecular formula is C12H12BrCl2N3O2S. The second-order valence-electron chi connectivity index (χ2n) is 4.33. The molecule has 114 valence electrons. The number of aromatic nitrogens is 1. The molecule has 2 rings (SSSR count). The van der Waals surface area contributed by atoms with Gasteiger partial charge in [0.25, 0.3) is 10.0 Å². The third-order valence-corrected chi connectivity index (χ3v) is 5.22. The zero-order valence-electron chi connectivity index (χ0n) is 10.9. The Morgan fingerprint density at radius 3 is 2.33 bits per heavy atom. The molecule has 21 heavy (non-hydrogen) atoms. The monoisotopic (exact) mass is 411 g/mol. The van der Waals surface area contributed by atoms with Crippen LogP contribution in [0.2, 0.25) is 10.0 Å². The van der Waals surface area contributed by atoms with Gasteiger partial charge in [-0.3, -0.25) is 4.72 Å². The number of nitrogens with two attached hydrogens (primary N) is 1. The summed E-state index contributed by atoms with van der Waals surface area (Å²) in [6, 6.07) is 4.62. The van der Waals surface area contributed by atoms with E-state index in [2.05, 4.69) is 20.7 Å². The third kappa shape index (κ3) is 3.54. The average Bonchev–Trinajstić information content (AvgIpc) is 2.76. The zero-order valence-corrected chi connectivity index (χ0v) is 14.8. The largest absolute Gasteiger partial charge is 0.352 e. The van der Waals surface area contributed by atoms with Crippen LogP contribution in [0.15, 0.2) is 33.8 Å². The lowest BCUT2D eigenvalue weighted by atomic mass is 10.3. The molecule has 0 saturated heterocycles. The fourth-order valence-corrected chi connectivity index (χ4v) is 4.37. The number of nitrogens with one attached hydrogen (secondary N) is 1. The van der Waals surface area contributed by atoms with Crippen LogP contribution in [0.3, 0.4) is 0 Å². The Hall–Kier alpha value is -0.730. The van der Waals surface area contributed by atoms with Crippen LogP contribution in [-0.2, 0) is 23.6 Å². The number of hydrogen-bond donors (Lipinski definition) is 2. The number of aryl methyl sites for hydroxylation is 1. The fraction of sp³-hybridized carbons (Fsp3) is 0.167. The Morgan fingerprint density at radius 2 is 1.86 bits per heavy atom. The zero-order chi connectivity index (χ0) is 15.8. The lowest BCUT2D eigenvalue weighted by Gasteiger charge is -2.10. The minimum absolute atomic E-state index is 0.0977. The first-order valence-corrected chi connectivity index (χ1v) is 8.80. The Labute approximate surface area is 141 Å². The highest BCUT2D eigenvalue weighted by Gasteiger charge is 2.20.